The van der Waals surface area contributed by atoms with Gasteiger partial charge < -0.3 is 19.9 Å². The zero-order valence-electron chi connectivity index (χ0n) is 19.3. The van der Waals surface area contributed by atoms with Gasteiger partial charge in [-0.1, -0.05) is 24.3 Å². The summed E-state index contributed by atoms with van der Waals surface area (Å²) in [5.74, 6) is -0.308. The van der Waals surface area contributed by atoms with E-state index in [2.05, 4.69) is 5.32 Å². The number of hydrogen-bond acceptors (Lipinski definition) is 4. The second-order valence-corrected chi connectivity index (χ2v) is 8.84. The van der Waals surface area contributed by atoms with Crippen molar-refractivity contribution in [2.24, 2.45) is 11.8 Å². The average molecular weight is 468 g/mol. The van der Waals surface area contributed by atoms with Crippen molar-refractivity contribution in [3.8, 4) is 5.75 Å². The lowest BCUT2D eigenvalue weighted by atomic mass is 9.94. The van der Waals surface area contributed by atoms with Crippen LogP contribution in [-0.2, 0) is 20.8 Å². The Balaban J connectivity index is 1.24. The zero-order valence-corrected chi connectivity index (χ0v) is 19.3. The Kier molecular flexibility index (Phi) is 7.45. The van der Waals surface area contributed by atoms with Gasteiger partial charge in [-0.2, -0.15) is 0 Å². The summed E-state index contributed by atoms with van der Waals surface area (Å²) < 4.78 is 19.0. The normalized spacial score (nSPS) is 18.8. The zero-order chi connectivity index (χ0) is 24.1. The third kappa shape index (κ3) is 5.38. The number of carbonyl (C=O) groups is 3. The van der Waals surface area contributed by atoms with Gasteiger partial charge in [0.25, 0.3) is 0 Å². The van der Waals surface area contributed by atoms with Crippen LogP contribution in [0.15, 0.2) is 48.5 Å². The molecule has 3 amide bonds. The van der Waals surface area contributed by atoms with E-state index < -0.39 is 0 Å². The number of methoxy groups -OCH3 is 1. The lowest BCUT2D eigenvalue weighted by Crippen LogP contribution is -2.45. The summed E-state index contributed by atoms with van der Waals surface area (Å²) in [4.78, 5) is 41.6. The summed E-state index contributed by atoms with van der Waals surface area (Å²) in [5.41, 5.74) is 1.31. The van der Waals surface area contributed by atoms with Crippen molar-refractivity contribution in [3.05, 3.63) is 59.9 Å². The Morgan fingerprint density at radius 3 is 2.59 bits per heavy atom. The molecule has 2 heterocycles. The minimum Gasteiger partial charge on any atom is -0.497 e. The van der Waals surface area contributed by atoms with Crippen molar-refractivity contribution in [2.75, 3.05) is 38.2 Å². The summed E-state index contributed by atoms with van der Waals surface area (Å²) in [5, 5.41) is 2.90. The first-order valence-corrected chi connectivity index (χ1v) is 11.7. The van der Waals surface area contributed by atoms with Crippen LogP contribution in [0.1, 0.15) is 24.8 Å². The highest BCUT2D eigenvalue weighted by molar-refractivity contribution is 6.00. The van der Waals surface area contributed by atoms with E-state index in [9.17, 15) is 18.8 Å². The third-order valence-electron chi connectivity index (χ3n) is 6.67. The maximum Gasteiger partial charge on any atom is 0.228 e. The molecule has 2 aliphatic rings. The minimum atomic E-state index is -0.384. The van der Waals surface area contributed by atoms with E-state index in [0.29, 0.717) is 56.8 Å². The second-order valence-electron chi connectivity index (χ2n) is 8.84. The van der Waals surface area contributed by atoms with Crippen molar-refractivity contribution >= 4 is 23.4 Å². The van der Waals surface area contributed by atoms with E-state index in [-0.39, 0.29) is 41.8 Å². The molecule has 2 aromatic rings. The Bertz CT molecular complexity index is 1050. The van der Waals surface area contributed by atoms with Crippen molar-refractivity contribution in [2.45, 2.75) is 25.7 Å². The fourth-order valence-corrected chi connectivity index (χ4v) is 4.69. The summed E-state index contributed by atoms with van der Waals surface area (Å²) in [6.45, 7) is 1.71. The molecule has 0 aromatic heterocycles. The SMILES string of the molecule is COc1cccc(N2CC(C(=O)N3CCC(C(=O)NCCc4ccccc4F)CC3)CC2=O)c1. The van der Waals surface area contributed by atoms with Gasteiger partial charge in [-0.15, -0.1) is 0 Å². The molecule has 7 nitrogen and oxygen atoms in total. The fourth-order valence-electron chi connectivity index (χ4n) is 4.69. The molecular formula is C26H30FN3O4. The summed E-state index contributed by atoms with van der Waals surface area (Å²) in [6.07, 6.45) is 1.79. The van der Waals surface area contributed by atoms with Crippen molar-refractivity contribution in [1.82, 2.24) is 10.2 Å². The summed E-state index contributed by atoms with van der Waals surface area (Å²) >= 11 is 0. The number of amides is 3. The molecule has 0 spiro atoms. The number of nitrogens with one attached hydrogen (secondary N) is 1. The van der Waals surface area contributed by atoms with Gasteiger partial charge in [-0.3, -0.25) is 14.4 Å². The van der Waals surface area contributed by atoms with Crippen molar-refractivity contribution < 1.29 is 23.5 Å². The Labute approximate surface area is 198 Å². The van der Waals surface area contributed by atoms with Crippen LogP contribution >= 0.6 is 0 Å². The molecule has 0 radical (unpaired) electrons. The van der Waals surface area contributed by atoms with Crippen LogP contribution in [0.2, 0.25) is 0 Å². The smallest absolute Gasteiger partial charge is 0.228 e. The van der Waals surface area contributed by atoms with E-state index in [1.807, 2.05) is 18.2 Å². The number of piperidine rings is 1. The molecule has 1 atom stereocenters. The highest BCUT2D eigenvalue weighted by Crippen LogP contribution is 2.30. The number of rotatable bonds is 7. The van der Waals surface area contributed by atoms with Crippen LogP contribution in [0.3, 0.4) is 0 Å². The van der Waals surface area contributed by atoms with Gasteiger partial charge in [0.15, 0.2) is 0 Å². The molecular weight excluding hydrogens is 437 g/mol. The predicted molar refractivity (Wildman–Crippen MR) is 126 cm³/mol. The number of nitrogens with zero attached hydrogens (tertiary/aromatic N) is 2. The van der Waals surface area contributed by atoms with Gasteiger partial charge in [0.1, 0.15) is 11.6 Å². The molecule has 2 saturated heterocycles. The molecule has 2 aliphatic heterocycles. The molecule has 0 aliphatic carbocycles. The van der Waals surface area contributed by atoms with E-state index in [1.54, 1.807) is 41.2 Å². The fraction of sp³-hybridized carbons (Fsp3) is 0.423. The maximum atomic E-state index is 13.7. The van der Waals surface area contributed by atoms with Crippen LogP contribution in [0.4, 0.5) is 10.1 Å². The third-order valence-corrected chi connectivity index (χ3v) is 6.67. The second kappa shape index (κ2) is 10.7. The first-order valence-electron chi connectivity index (χ1n) is 11.7. The number of benzene rings is 2. The number of carbonyl (C=O) groups excluding carboxylic acids is 3. The van der Waals surface area contributed by atoms with E-state index in [0.717, 1.165) is 5.69 Å². The monoisotopic (exact) mass is 467 g/mol. The van der Waals surface area contributed by atoms with Crippen molar-refractivity contribution in [1.29, 1.82) is 0 Å². The first-order chi connectivity index (χ1) is 16.5. The van der Waals surface area contributed by atoms with Crippen molar-refractivity contribution in [3.63, 3.8) is 0 Å². The molecule has 1 unspecified atom stereocenters. The minimum absolute atomic E-state index is 0.0304. The largest absolute Gasteiger partial charge is 0.497 e. The molecule has 4 rings (SSSR count). The molecule has 1 N–H and O–H groups in total. The lowest BCUT2D eigenvalue weighted by Gasteiger charge is -2.33. The number of hydrogen-bond donors (Lipinski definition) is 1. The molecule has 2 fully saturated rings. The molecule has 0 bridgehead atoms. The Morgan fingerprint density at radius 2 is 1.85 bits per heavy atom. The van der Waals surface area contributed by atoms with Gasteiger partial charge in [0, 0.05) is 50.3 Å². The standard InChI is InChI=1S/C26H30FN3O4/c1-34-22-7-4-6-21(16-22)30-17-20(15-24(30)31)26(33)29-13-10-19(11-14-29)25(32)28-12-9-18-5-2-3-8-23(18)27/h2-8,16,19-20H,9-15,17H2,1H3,(H,28,32). The van der Waals surface area contributed by atoms with Gasteiger partial charge in [0.05, 0.1) is 13.0 Å². The van der Waals surface area contributed by atoms with Crippen LogP contribution in [0, 0.1) is 17.7 Å². The van der Waals surface area contributed by atoms with Gasteiger partial charge in [-0.05, 0) is 43.0 Å². The lowest BCUT2D eigenvalue weighted by molar-refractivity contribution is -0.139. The Morgan fingerprint density at radius 1 is 1.09 bits per heavy atom. The van der Waals surface area contributed by atoms with Crippen LogP contribution in [-0.4, -0.2) is 55.9 Å². The topological polar surface area (TPSA) is 79.0 Å². The quantitative estimate of drug-likeness (QED) is 0.679. The number of halogens is 1. The van der Waals surface area contributed by atoms with Gasteiger partial charge >= 0.3 is 0 Å². The Hall–Kier alpha value is -3.42. The van der Waals surface area contributed by atoms with Crippen LogP contribution in [0.5, 0.6) is 5.75 Å². The highest BCUT2D eigenvalue weighted by atomic mass is 19.1. The average Bonchev–Trinajstić information content (AvgIpc) is 3.26. The predicted octanol–water partition coefficient (Wildman–Crippen LogP) is 2.78. The summed E-state index contributed by atoms with van der Waals surface area (Å²) in [6, 6.07) is 13.8. The number of anilines is 1. The molecule has 8 heteroatoms. The van der Waals surface area contributed by atoms with Crippen LogP contribution < -0.4 is 15.0 Å². The highest BCUT2D eigenvalue weighted by Gasteiger charge is 2.38. The van der Waals surface area contributed by atoms with Gasteiger partial charge in [-0.25, -0.2) is 4.39 Å². The molecule has 2 aromatic carbocycles. The van der Waals surface area contributed by atoms with E-state index >= 15 is 0 Å². The number of ether oxygens (including phenoxy) is 1. The first kappa shape index (κ1) is 23.7. The number of likely N-dealkylation sites (tertiary alicyclic amines) is 1. The maximum absolute atomic E-state index is 13.7. The van der Waals surface area contributed by atoms with E-state index in [4.69, 9.17) is 4.74 Å². The molecule has 34 heavy (non-hydrogen) atoms. The van der Waals surface area contributed by atoms with E-state index in [1.165, 1.54) is 6.07 Å². The van der Waals surface area contributed by atoms with Crippen LogP contribution in [0.25, 0.3) is 0 Å². The molecule has 0 saturated carbocycles. The van der Waals surface area contributed by atoms with Gasteiger partial charge in [0.2, 0.25) is 17.7 Å². The summed E-state index contributed by atoms with van der Waals surface area (Å²) in [7, 11) is 1.57. The molecule has 180 valence electrons.